The molecule has 1 saturated heterocycles. The number of hydrogen-bond donors (Lipinski definition) is 2. The molecule has 0 bridgehead atoms. The van der Waals surface area contributed by atoms with Crippen LogP contribution in [0.5, 0.6) is 0 Å². The van der Waals surface area contributed by atoms with Crippen LogP contribution in [0.1, 0.15) is 25.6 Å². The van der Waals surface area contributed by atoms with E-state index in [0.29, 0.717) is 35.0 Å². The molecule has 1 aliphatic heterocycles. The number of benzene rings is 2. The second kappa shape index (κ2) is 9.11. The van der Waals surface area contributed by atoms with Crippen LogP contribution in [0.3, 0.4) is 0 Å². The number of nitrogens with zero attached hydrogens (tertiary/aromatic N) is 1. The van der Waals surface area contributed by atoms with Crippen molar-refractivity contribution in [1.29, 1.82) is 0 Å². The van der Waals surface area contributed by atoms with Gasteiger partial charge < -0.3 is 20.3 Å². The van der Waals surface area contributed by atoms with E-state index in [1.165, 1.54) is 11.3 Å². The molecule has 7 heteroatoms. The second-order valence-corrected chi connectivity index (χ2v) is 8.01. The quantitative estimate of drug-likeness (QED) is 0.641. The first-order valence-electron chi connectivity index (χ1n) is 9.80. The van der Waals surface area contributed by atoms with Crippen LogP contribution in [-0.2, 0) is 4.74 Å². The largest absolute Gasteiger partial charge is 0.378 e. The second-order valence-electron chi connectivity index (χ2n) is 7.06. The minimum Gasteiger partial charge on any atom is -0.378 e. The van der Waals surface area contributed by atoms with Crippen molar-refractivity contribution in [2.45, 2.75) is 6.92 Å². The highest BCUT2D eigenvalue weighted by Gasteiger charge is 2.14. The molecule has 30 heavy (non-hydrogen) atoms. The lowest BCUT2D eigenvalue weighted by atomic mass is 10.1. The zero-order valence-electron chi connectivity index (χ0n) is 16.7. The summed E-state index contributed by atoms with van der Waals surface area (Å²) in [7, 11) is 0. The summed E-state index contributed by atoms with van der Waals surface area (Å²) in [5, 5.41) is 7.72. The van der Waals surface area contributed by atoms with E-state index >= 15 is 0 Å². The molecule has 154 valence electrons. The highest BCUT2D eigenvalue weighted by molar-refractivity contribution is 7.12. The first-order chi connectivity index (χ1) is 14.6. The van der Waals surface area contributed by atoms with Crippen LogP contribution in [0, 0.1) is 6.92 Å². The molecule has 0 aliphatic carbocycles. The lowest BCUT2D eigenvalue weighted by Crippen LogP contribution is -2.36. The molecular formula is C23H23N3O3S. The zero-order chi connectivity index (χ0) is 20.9. The Labute approximate surface area is 179 Å². The van der Waals surface area contributed by atoms with Crippen LogP contribution in [0.4, 0.5) is 17.1 Å². The van der Waals surface area contributed by atoms with Gasteiger partial charge in [-0.05, 0) is 54.3 Å². The third-order valence-corrected chi connectivity index (χ3v) is 5.84. The first-order valence-corrected chi connectivity index (χ1v) is 10.7. The number of carbonyl (C=O) groups is 2. The summed E-state index contributed by atoms with van der Waals surface area (Å²) in [6.07, 6.45) is 0. The first kappa shape index (κ1) is 20.1. The van der Waals surface area contributed by atoms with Crippen LogP contribution >= 0.6 is 11.3 Å². The predicted molar refractivity (Wildman–Crippen MR) is 121 cm³/mol. The highest BCUT2D eigenvalue weighted by Crippen LogP contribution is 2.23. The monoisotopic (exact) mass is 421 g/mol. The number of thiophene rings is 1. The molecule has 2 aromatic carbocycles. The maximum absolute atomic E-state index is 12.8. The van der Waals surface area contributed by atoms with E-state index in [2.05, 4.69) is 15.5 Å². The molecule has 0 spiro atoms. The van der Waals surface area contributed by atoms with E-state index in [9.17, 15) is 9.59 Å². The van der Waals surface area contributed by atoms with Gasteiger partial charge in [-0.3, -0.25) is 9.59 Å². The molecule has 3 aromatic rings. The average Bonchev–Trinajstić information content (AvgIpc) is 3.32. The van der Waals surface area contributed by atoms with Crippen LogP contribution in [0.15, 0.2) is 60.0 Å². The minimum absolute atomic E-state index is 0.158. The summed E-state index contributed by atoms with van der Waals surface area (Å²) in [6.45, 7) is 4.94. The van der Waals surface area contributed by atoms with Gasteiger partial charge in [0.05, 0.1) is 18.1 Å². The number of aryl methyl sites for hydroxylation is 1. The van der Waals surface area contributed by atoms with Crippen molar-refractivity contribution < 1.29 is 14.3 Å². The van der Waals surface area contributed by atoms with E-state index in [-0.39, 0.29) is 11.8 Å². The van der Waals surface area contributed by atoms with Crippen molar-refractivity contribution >= 4 is 40.2 Å². The fourth-order valence-corrected chi connectivity index (χ4v) is 3.91. The third kappa shape index (κ3) is 4.69. The summed E-state index contributed by atoms with van der Waals surface area (Å²) >= 11 is 1.39. The van der Waals surface area contributed by atoms with Crippen LogP contribution in [0.25, 0.3) is 0 Å². The van der Waals surface area contributed by atoms with Gasteiger partial charge in [0.25, 0.3) is 11.8 Å². The molecular weight excluding hydrogens is 398 g/mol. The molecule has 0 atom stereocenters. The van der Waals surface area contributed by atoms with Crippen molar-refractivity contribution in [2.75, 3.05) is 41.8 Å². The van der Waals surface area contributed by atoms with Gasteiger partial charge in [-0.1, -0.05) is 18.2 Å². The van der Waals surface area contributed by atoms with Crippen molar-refractivity contribution in [3.63, 3.8) is 0 Å². The normalized spacial score (nSPS) is 13.7. The molecule has 0 radical (unpaired) electrons. The molecule has 1 fully saturated rings. The highest BCUT2D eigenvalue weighted by atomic mass is 32.1. The SMILES string of the molecule is Cc1ccc(NC(=O)c2cccc(N3CCOCC3)c2)cc1NC(=O)c1cccs1. The van der Waals surface area contributed by atoms with Gasteiger partial charge in [0.2, 0.25) is 0 Å². The summed E-state index contributed by atoms with van der Waals surface area (Å²) in [5.41, 5.74) is 3.83. The van der Waals surface area contributed by atoms with E-state index in [1.807, 2.05) is 48.7 Å². The number of nitrogens with one attached hydrogen (secondary N) is 2. The maximum Gasteiger partial charge on any atom is 0.265 e. The molecule has 2 heterocycles. The Kier molecular flexibility index (Phi) is 6.11. The molecule has 2 amide bonds. The standard InChI is InChI=1S/C23H23N3O3S/c1-16-7-8-18(15-20(16)25-23(28)21-6-3-13-30-21)24-22(27)17-4-2-5-19(14-17)26-9-11-29-12-10-26/h2-8,13-15H,9-12H2,1H3,(H,24,27)(H,25,28). The summed E-state index contributed by atoms with van der Waals surface area (Å²) in [6, 6.07) is 16.7. The molecule has 1 aromatic heterocycles. The van der Waals surface area contributed by atoms with Crippen molar-refractivity contribution in [1.82, 2.24) is 0 Å². The van der Waals surface area contributed by atoms with E-state index < -0.39 is 0 Å². The van der Waals surface area contributed by atoms with Crippen molar-refractivity contribution in [3.8, 4) is 0 Å². The summed E-state index contributed by atoms with van der Waals surface area (Å²) in [5.74, 6) is -0.348. The zero-order valence-corrected chi connectivity index (χ0v) is 17.5. The Hall–Kier alpha value is -3.16. The predicted octanol–water partition coefficient (Wildman–Crippen LogP) is 4.40. The van der Waals surface area contributed by atoms with Gasteiger partial charge in [-0.15, -0.1) is 11.3 Å². The van der Waals surface area contributed by atoms with Gasteiger partial charge in [0.15, 0.2) is 0 Å². The van der Waals surface area contributed by atoms with Gasteiger partial charge in [-0.25, -0.2) is 0 Å². The smallest absolute Gasteiger partial charge is 0.265 e. The van der Waals surface area contributed by atoms with Crippen LogP contribution < -0.4 is 15.5 Å². The van der Waals surface area contributed by atoms with E-state index in [4.69, 9.17) is 4.74 Å². The molecule has 6 nitrogen and oxygen atoms in total. The number of carbonyl (C=O) groups excluding carboxylic acids is 2. The van der Waals surface area contributed by atoms with E-state index in [0.717, 1.165) is 24.3 Å². The topological polar surface area (TPSA) is 70.7 Å². The lowest BCUT2D eigenvalue weighted by Gasteiger charge is -2.29. The Bertz CT molecular complexity index is 1040. The van der Waals surface area contributed by atoms with Crippen LogP contribution in [0.2, 0.25) is 0 Å². The molecule has 0 unspecified atom stereocenters. The van der Waals surface area contributed by atoms with Gasteiger partial charge in [0, 0.05) is 35.7 Å². The van der Waals surface area contributed by atoms with Gasteiger partial charge in [0.1, 0.15) is 0 Å². The molecule has 0 saturated carbocycles. The number of anilines is 3. The molecule has 2 N–H and O–H groups in total. The van der Waals surface area contributed by atoms with Crippen molar-refractivity contribution in [2.24, 2.45) is 0 Å². The Morgan fingerprint density at radius 3 is 2.57 bits per heavy atom. The number of rotatable bonds is 5. The lowest BCUT2D eigenvalue weighted by molar-refractivity contribution is 0.102. The number of ether oxygens (including phenoxy) is 1. The van der Waals surface area contributed by atoms with Gasteiger partial charge in [-0.2, -0.15) is 0 Å². The maximum atomic E-state index is 12.8. The van der Waals surface area contributed by atoms with E-state index in [1.54, 1.807) is 18.2 Å². The molecule has 1 aliphatic rings. The fourth-order valence-electron chi connectivity index (χ4n) is 3.29. The van der Waals surface area contributed by atoms with Crippen molar-refractivity contribution in [3.05, 3.63) is 76.0 Å². The number of amides is 2. The summed E-state index contributed by atoms with van der Waals surface area (Å²) in [4.78, 5) is 28.0. The fraction of sp³-hybridized carbons (Fsp3) is 0.217. The number of morpholine rings is 1. The number of hydrogen-bond acceptors (Lipinski definition) is 5. The average molecular weight is 422 g/mol. The van der Waals surface area contributed by atoms with Crippen LogP contribution in [-0.4, -0.2) is 38.1 Å². The Balaban J connectivity index is 1.47. The Morgan fingerprint density at radius 2 is 1.80 bits per heavy atom. The third-order valence-electron chi connectivity index (χ3n) is 4.97. The summed E-state index contributed by atoms with van der Waals surface area (Å²) < 4.78 is 5.40. The van der Waals surface area contributed by atoms with Gasteiger partial charge >= 0.3 is 0 Å². The Morgan fingerprint density at radius 1 is 0.967 bits per heavy atom. The molecule has 4 rings (SSSR count). The minimum atomic E-state index is -0.190.